The maximum atomic E-state index is 14.1. The van der Waals surface area contributed by atoms with Crippen molar-refractivity contribution in [1.82, 2.24) is 9.47 Å². The van der Waals surface area contributed by atoms with E-state index in [0.717, 1.165) is 80.1 Å². The second-order valence-electron chi connectivity index (χ2n) is 11.4. The maximum Gasteiger partial charge on any atom is 0.222 e. The van der Waals surface area contributed by atoms with Crippen molar-refractivity contribution in [3.63, 3.8) is 0 Å². The molecule has 0 spiro atoms. The lowest BCUT2D eigenvalue weighted by Crippen LogP contribution is -2.39. The van der Waals surface area contributed by atoms with Crippen LogP contribution < -0.4 is 0 Å². The van der Waals surface area contributed by atoms with Gasteiger partial charge in [-0.15, -0.1) is 0 Å². The van der Waals surface area contributed by atoms with Crippen molar-refractivity contribution >= 4 is 28.2 Å². The number of halogens is 1. The molecular formula is C35H41FN2O3. The summed E-state index contributed by atoms with van der Waals surface area (Å²) in [6, 6.07) is 15.7. The van der Waals surface area contributed by atoms with Crippen molar-refractivity contribution in [3.05, 3.63) is 89.4 Å². The number of hydrogen-bond acceptors (Lipinski definition) is 3. The van der Waals surface area contributed by atoms with Gasteiger partial charge in [-0.05, 0) is 92.0 Å². The summed E-state index contributed by atoms with van der Waals surface area (Å²) in [6.07, 6.45) is 13.3. The number of fused-ring (bicyclic) bond motifs is 1. The van der Waals surface area contributed by atoms with Gasteiger partial charge in [0, 0.05) is 63.2 Å². The Kier molecular flexibility index (Phi) is 9.84. The number of aryl methyl sites for hydroxylation is 2. The molecular weight excluding hydrogens is 515 g/mol. The molecule has 2 aliphatic rings. The second kappa shape index (κ2) is 13.9. The van der Waals surface area contributed by atoms with Crippen molar-refractivity contribution in [3.8, 4) is 0 Å². The summed E-state index contributed by atoms with van der Waals surface area (Å²) >= 11 is 0. The molecule has 1 saturated heterocycles. The Balaban J connectivity index is 1.18. The van der Waals surface area contributed by atoms with E-state index >= 15 is 0 Å². The van der Waals surface area contributed by atoms with Crippen LogP contribution in [-0.4, -0.2) is 48.0 Å². The van der Waals surface area contributed by atoms with E-state index in [1.165, 1.54) is 17.3 Å². The fraction of sp³-hybridized carbons (Fsp3) is 0.429. The standard InChI is InChI=1S/C35H41FN2O3/c1-41-22-6-21-38-33(23-29-16-18-31(36)24-34(29)38)30-9-5-20-37(25-30)35(40)11-4-7-26-12-14-28(15-13-26)27-8-2-3-10-32(39)19-17-27/h8,12-19,23-24,30H,2-7,9-11,20-22,25H2,1H3. The number of ketones is 1. The fourth-order valence-electron chi connectivity index (χ4n) is 6.20. The SMILES string of the molecule is COCCCn1c(C2CCCN(C(=O)CCCc3ccc(C4=CCCCC(=O)C=C4)cc3)C2)cc2ccc(F)cc21. The Morgan fingerprint density at radius 2 is 1.90 bits per heavy atom. The number of allylic oxidation sites excluding steroid dienone is 4. The highest BCUT2D eigenvalue weighted by atomic mass is 19.1. The Morgan fingerprint density at radius 3 is 2.73 bits per heavy atom. The number of nitrogens with zero attached hydrogens (tertiary/aromatic N) is 2. The van der Waals surface area contributed by atoms with Crippen LogP contribution in [0.25, 0.3) is 16.5 Å². The van der Waals surface area contributed by atoms with E-state index in [0.29, 0.717) is 26.0 Å². The van der Waals surface area contributed by atoms with Gasteiger partial charge in [-0.2, -0.15) is 0 Å². The van der Waals surface area contributed by atoms with Crippen LogP contribution in [0.3, 0.4) is 0 Å². The quantitative estimate of drug-likeness (QED) is 0.247. The highest BCUT2D eigenvalue weighted by Crippen LogP contribution is 2.33. The van der Waals surface area contributed by atoms with Crippen molar-refractivity contribution < 1.29 is 18.7 Å². The van der Waals surface area contributed by atoms with Gasteiger partial charge in [0.25, 0.3) is 0 Å². The number of ether oxygens (including phenoxy) is 1. The van der Waals surface area contributed by atoms with E-state index in [1.807, 2.05) is 17.0 Å². The molecule has 1 aliphatic heterocycles. The summed E-state index contributed by atoms with van der Waals surface area (Å²) in [7, 11) is 1.70. The van der Waals surface area contributed by atoms with Crippen molar-refractivity contribution in [2.45, 2.75) is 70.3 Å². The largest absolute Gasteiger partial charge is 0.385 e. The summed E-state index contributed by atoms with van der Waals surface area (Å²) in [4.78, 5) is 27.1. The summed E-state index contributed by atoms with van der Waals surface area (Å²) in [6.45, 7) is 2.93. The first-order chi connectivity index (χ1) is 20.0. The molecule has 5 nitrogen and oxygen atoms in total. The van der Waals surface area contributed by atoms with Crippen LogP contribution in [0.2, 0.25) is 0 Å². The van der Waals surface area contributed by atoms with Crippen LogP contribution in [0.5, 0.6) is 0 Å². The number of benzene rings is 2. The zero-order valence-electron chi connectivity index (χ0n) is 24.1. The Hall–Kier alpha value is -3.51. The first-order valence-electron chi connectivity index (χ1n) is 15.1. The first-order valence-corrected chi connectivity index (χ1v) is 15.1. The minimum absolute atomic E-state index is 0.191. The smallest absolute Gasteiger partial charge is 0.222 e. The highest BCUT2D eigenvalue weighted by Gasteiger charge is 2.27. The van der Waals surface area contributed by atoms with Gasteiger partial charge in [0.1, 0.15) is 5.82 Å². The number of aromatic nitrogens is 1. The molecule has 0 bridgehead atoms. The molecule has 1 aromatic heterocycles. The van der Waals surface area contributed by atoms with E-state index in [4.69, 9.17) is 4.74 Å². The van der Waals surface area contributed by atoms with E-state index in [1.54, 1.807) is 19.3 Å². The molecule has 1 fully saturated rings. The van der Waals surface area contributed by atoms with Gasteiger partial charge in [-0.1, -0.05) is 36.4 Å². The van der Waals surface area contributed by atoms with E-state index in [2.05, 4.69) is 41.0 Å². The maximum absolute atomic E-state index is 14.1. The lowest BCUT2D eigenvalue weighted by Gasteiger charge is -2.33. The molecule has 0 saturated carbocycles. The number of methoxy groups -OCH3 is 1. The first kappa shape index (κ1) is 29.0. The molecule has 1 amide bonds. The highest BCUT2D eigenvalue weighted by molar-refractivity contribution is 5.93. The summed E-state index contributed by atoms with van der Waals surface area (Å²) < 4.78 is 21.6. The molecule has 1 unspecified atom stereocenters. The number of carbonyl (C=O) groups is 2. The Bertz CT molecular complexity index is 1420. The third-order valence-corrected chi connectivity index (χ3v) is 8.40. The van der Waals surface area contributed by atoms with Crippen molar-refractivity contribution in [1.29, 1.82) is 0 Å². The molecule has 3 aromatic rings. The van der Waals surface area contributed by atoms with Gasteiger partial charge in [0.05, 0.1) is 5.52 Å². The number of rotatable bonds is 10. The number of piperidine rings is 1. The van der Waals surface area contributed by atoms with Crippen LogP contribution in [-0.2, 0) is 27.3 Å². The van der Waals surface area contributed by atoms with Gasteiger partial charge in [0.2, 0.25) is 5.91 Å². The topological polar surface area (TPSA) is 51.5 Å². The molecule has 1 aliphatic carbocycles. The third kappa shape index (κ3) is 7.42. The fourth-order valence-corrected chi connectivity index (χ4v) is 6.20. The normalized spacial score (nSPS) is 17.9. The van der Waals surface area contributed by atoms with Crippen LogP contribution in [0.15, 0.2) is 66.8 Å². The van der Waals surface area contributed by atoms with Crippen LogP contribution in [0.4, 0.5) is 4.39 Å². The number of likely N-dealkylation sites (tertiary alicyclic amines) is 1. The average Bonchev–Trinajstić information content (AvgIpc) is 3.33. The monoisotopic (exact) mass is 556 g/mol. The zero-order valence-corrected chi connectivity index (χ0v) is 24.1. The number of carbonyl (C=O) groups excluding carboxylic acids is 2. The minimum atomic E-state index is -0.226. The summed E-state index contributed by atoms with van der Waals surface area (Å²) in [5, 5.41) is 1.05. The lowest BCUT2D eigenvalue weighted by atomic mass is 9.94. The minimum Gasteiger partial charge on any atom is -0.385 e. The predicted molar refractivity (Wildman–Crippen MR) is 162 cm³/mol. The van der Waals surface area contributed by atoms with Crippen molar-refractivity contribution in [2.24, 2.45) is 0 Å². The number of amides is 1. The molecule has 2 aromatic carbocycles. The number of hydrogen-bond donors (Lipinski definition) is 0. The molecule has 2 heterocycles. The van der Waals surface area contributed by atoms with Gasteiger partial charge < -0.3 is 14.2 Å². The molecule has 0 radical (unpaired) electrons. The predicted octanol–water partition coefficient (Wildman–Crippen LogP) is 7.24. The Labute approximate surface area is 242 Å². The van der Waals surface area contributed by atoms with Crippen LogP contribution in [0.1, 0.15) is 74.1 Å². The van der Waals surface area contributed by atoms with Crippen molar-refractivity contribution in [2.75, 3.05) is 26.8 Å². The molecule has 5 rings (SSSR count). The van der Waals surface area contributed by atoms with E-state index in [9.17, 15) is 14.0 Å². The molecule has 0 N–H and O–H groups in total. The molecule has 216 valence electrons. The van der Waals surface area contributed by atoms with Gasteiger partial charge >= 0.3 is 0 Å². The second-order valence-corrected chi connectivity index (χ2v) is 11.4. The van der Waals surface area contributed by atoms with Gasteiger partial charge in [-0.25, -0.2) is 4.39 Å². The average molecular weight is 557 g/mol. The molecule has 41 heavy (non-hydrogen) atoms. The summed E-state index contributed by atoms with van der Waals surface area (Å²) in [5.74, 6) is 0.423. The molecule has 1 atom stereocenters. The van der Waals surface area contributed by atoms with Gasteiger partial charge in [-0.3, -0.25) is 9.59 Å². The lowest BCUT2D eigenvalue weighted by molar-refractivity contribution is -0.132. The van der Waals surface area contributed by atoms with E-state index in [-0.39, 0.29) is 23.4 Å². The third-order valence-electron chi connectivity index (χ3n) is 8.40. The summed E-state index contributed by atoms with van der Waals surface area (Å²) in [5.41, 5.74) is 5.55. The van der Waals surface area contributed by atoms with Gasteiger partial charge in [0.15, 0.2) is 5.78 Å². The Morgan fingerprint density at radius 1 is 1.05 bits per heavy atom. The van der Waals surface area contributed by atoms with Crippen LogP contribution in [0, 0.1) is 5.82 Å². The molecule has 6 heteroatoms. The van der Waals surface area contributed by atoms with Crippen LogP contribution >= 0.6 is 0 Å². The van der Waals surface area contributed by atoms with E-state index < -0.39 is 0 Å². The zero-order chi connectivity index (χ0) is 28.6.